The molecule has 0 amide bonds. The van der Waals surface area contributed by atoms with Crippen molar-refractivity contribution in [1.82, 2.24) is 0 Å². The van der Waals surface area contributed by atoms with Crippen LogP contribution in [0.4, 0.5) is 5.69 Å². The summed E-state index contributed by atoms with van der Waals surface area (Å²) in [5.74, 6) is 1.58. The minimum atomic E-state index is 0.602. The third kappa shape index (κ3) is 4.25. The zero-order valence-corrected chi connectivity index (χ0v) is 13.3. The predicted octanol–water partition coefficient (Wildman–Crippen LogP) is 3.95. The van der Waals surface area contributed by atoms with Crippen molar-refractivity contribution in [3.63, 3.8) is 0 Å². The van der Waals surface area contributed by atoms with Gasteiger partial charge in [0.25, 0.3) is 0 Å². The molecule has 2 rings (SSSR count). The Balaban J connectivity index is 2.18. The molecule has 116 valence electrons. The first-order valence-corrected chi connectivity index (χ1v) is 7.47. The van der Waals surface area contributed by atoms with Crippen LogP contribution in [0.2, 0.25) is 0 Å². The molecule has 0 atom stereocenters. The maximum absolute atomic E-state index is 5.67. The van der Waals surface area contributed by atoms with Crippen LogP contribution in [0.5, 0.6) is 11.5 Å². The molecule has 2 aromatic carbocycles. The van der Waals surface area contributed by atoms with Gasteiger partial charge in [-0.15, -0.1) is 0 Å². The number of rotatable bonds is 7. The molecule has 0 aliphatic heterocycles. The van der Waals surface area contributed by atoms with Crippen molar-refractivity contribution >= 4 is 11.9 Å². The summed E-state index contributed by atoms with van der Waals surface area (Å²) in [6.45, 7) is 5.16. The van der Waals surface area contributed by atoms with Gasteiger partial charge in [-0.2, -0.15) is 5.10 Å². The van der Waals surface area contributed by atoms with Gasteiger partial charge in [-0.05, 0) is 38.1 Å². The van der Waals surface area contributed by atoms with E-state index >= 15 is 0 Å². The van der Waals surface area contributed by atoms with Crippen LogP contribution in [0.15, 0.2) is 53.6 Å². The summed E-state index contributed by atoms with van der Waals surface area (Å²) >= 11 is 0. The van der Waals surface area contributed by atoms with E-state index in [0.717, 1.165) is 22.7 Å². The molecule has 0 radical (unpaired) electrons. The fourth-order valence-corrected chi connectivity index (χ4v) is 2.02. The minimum absolute atomic E-state index is 0.602. The highest BCUT2D eigenvalue weighted by molar-refractivity contribution is 5.84. The normalized spacial score (nSPS) is 10.7. The number of ether oxygens (including phenoxy) is 2. The smallest absolute Gasteiger partial charge is 0.131 e. The number of hydrogen-bond acceptors (Lipinski definition) is 4. The third-order valence-electron chi connectivity index (χ3n) is 3.10. The summed E-state index contributed by atoms with van der Waals surface area (Å²) in [4.78, 5) is 0. The molecular weight excluding hydrogens is 276 g/mol. The van der Waals surface area contributed by atoms with Crippen LogP contribution in [-0.4, -0.2) is 26.5 Å². The average molecular weight is 298 g/mol. The molecule has 4 heteroatoms. The maximum atomic E-state index is 5.67. The zero-order chi connectivity index (χ0) is 15.8. The topological polar surface area (TPSA) is 34.1 Å². The van der Waals surface area contributed by atoms with Crippen molar-refractivity contribution in [3.05, 3.63) is 54.1 Å². The predicted molar refractivity (Wildman–Crippen MR) is 91.2 cm³/mol. The third-order valence-corrected chi connectivity index (χ3v) is 3.10. The molecule has 2 aromatic rings. The average Bonchev–Trinajstić information content (AvgIpc) is 2.55. The molecular formula is C18H22N2O2. The number of hydrazone groups is 1. The second-order valence-corrected chi connectivity index (χ2v) is 4.67. The van der Waals surface area contributed by atoms with Gasteiger partial charge in [-0.1, -0.05) is 18.2 Å². The minimum Gasteiger partial charge on any atom is -0.494 e. The summed E-state index contributed by atoms with van der Waals surface area (Å²) in [7, 11) is 1.92. The van der Waals surface area contributed by atoms with Crippen molar-refractivity contribution in [3.8, 4) is 11.5 Å². The summed E-state index contributed by atoms with van der Waals surface area (Å²) < 4.78 is 11.2. The fraction of sp³-hybridized carbons (Fsp3) is 0.278. The quantitative estimate of drug-likeness (QED) is 0.573. The van der Waals surface area contributed by atoms with E-state index in [1.807, 2.05) is 74.4 Å². The Labute approximate surface area is 132 Å². The van der Waals surface area contributed by atoms with Gasteiger partial charge in [0.15, 0.2) is 0 Å². The van der Waals surface area contributed by atoms with Crippen molar-refractivity contribution < 1.29 is 9.47 Å². The number of para-hydroxylation sites is 1. The van der Waals surface area contributed by atoms with Crippen LogP contribution >= 0.6 is 0 Å². The summed E-state index contributed by atoms with van der Waals surface area (Å²) in [6.07, 6.45) is 1.80. The molecule has 4 nitrogen and oxygen atoms in total. The first-order chi connectivity index (χ1) is 10.7. The van der Waals surface area contributed by atoms with Crippen molar-refractivity contribution in [2.75, 3.05) is 25.3 Å². The van der Waals surface area contributed by atoms with Gasteiger partial charge in [0.05, 0.1) is 25.1 Å². The van der Waals surface area contributed by atoms with E-state index in [-0.39, 0.29) is 0 Å². The van der Waals surface area contributed by atoms with Gasteiger partial charge in [0.2, 0.25) is 0 Å². The highest BCUT2D eigenvalue weighted by Crippen LogP contribution is 2.24. The van der Waals surface area contributed by atoms with E-state index in [1.165, 1.54) is 0 Å². The van der Waals surface area contributed by atoms with E-state index in [2.05, 4.69) is 5.10 Å². The zero-order valence-electron chi connectivity index (χ0n) is 13.3. The van der Waals surface area contributed by atoms with E-state index in [9.17, 15) is 0 Å². The lowest BCUT2D eigenvalue weighted by Gasteiger charge is -2.13. The molecule has 0 spiro atoms. The number of nitrogens with zero attached hydrogens (tertiary/aromatic N) is 2. The summed E-state index contributed by atoms with van der Waals surface area (Å²) in [5.41, 5.74) is 1.95. The Bertz CT molecular complexity index is 612. The molecule has 0 unspecified atom stereocenters. The monoisotopic (exact) mass is 298 g/mol. The molecule has 0 aliphatic carbocycles. The van der Waals surface area contributed by atoms with Crippen LogP contribution < -0.4 is 14.5 Å². The van der Waals surface area contributed by atoms with Crippen LogP contribution in [0.1, 0.15) is 19.4 Å². The molecule has 0 aliphatic rings. The number of hydrogen-bond donors (Lipinski definition) is 0. The second kappa shape index (κ2) is 8.08. The van der Waals surface area contributed by atoms with Crippen LogP contribution in [0.3, 0.4) is 0 Å². The molecule has 0 heterocycles. The number of benzene rings is 2. The standard InChI is InChI=1S/C18H22N2O2/c1-4-21-17-12-11-15(18(13-17)22-5-2)14-19-20(3)16-9-7-6-8-10-16/h6-14H,4-5H2,1-3H3/b19-14+. The molecule has 0 N–H and O–H groups in total. The van der Waals surface area contributed by atoms with Crippen molar-refractivity contribution in [1.29, 1.82) is 0 Å². The first kappa shape index (κ1) is 15.9. The van der Waals surface area contributed by atoms with Crippen LogP contribution in [0.25, 0.3) is 0 Å². The Morgan fingerprint density at radius 1 is 1.00 bits per heavy atom. The summed E-state index contributed by atoms with van der Waals surface area (Å²) in [5, 5.41) is 6.30. The van der Waals surface area contributed by atoms with Crippen LogP contribution in [0, 0.1) is 0 Å². The van der Waals surface area contributed by atoms with E-state index < -0.39 is 0 Å². The Morgan fingerprint density at radius 3 is 2.41 bits per heavy atom. The van der Waals surface area contributed by atoms with Crippen LogP contribution in [-0.2, 0) is 0 Å². The van der Waals surface area contributed by atoms with E-state index in [0.29, 0.717) is 13.2 Å². The lowest BCUT2D eigenvalue weighted by Crippen LogP contribution is -2.09. The van der Waals surface area contributed by atoms with Gasteiger partial charge >= 0.3 is 0 Å². The van der Waals surface area contributed by atoms with E-state index in [1.54, 1.807) is 6.21 Å². The fourth-order valence-electron chi connectivity index (χ4n) is 2.02. The van der Waals surface area contributed by atoms with Crippen molar-refractivity contribution in [2.24, 2.45) is 5.10 Å². The highest BCUT2D eigenvalue weighted by Gasteiger charge is 2.05. The molecule has 0 aromatic heterocycles. The first-order valence-electron chi connectivity index (χ1n) is 7.47. The van der Waals surface area contributed by atoms with Gasteiger partial charge < -0.3 is 9.47 Å². The lowest BCUT2D eigenvalue weighted by molar-refractivity contribution is 0.323. The van der Waals surface area contributed by atoms with Crippen molar-refractivity contribution in [2.45, 2.75) is 13.8 Å². The Hall–Kier alpha value is -2.49. The molecule has 0 saturated carbocycles. The molecule has 0 bridgehead atoms. The largest absolute Gasteiger partial charge is 0.494 e. The SMILES string of the molecule is CCOc1ccc(/C=N/N(C)c2ccccc2)c(OCC)c1. The molecule has 0 fully saturated rings. The molecule has 0 saturated heterocycles. The Morgan fingerprint density at radius 2 is 1.73 bits per heavy atom. The number of anilines is 1. The van der Waals surface area contributed by atoms with Gasteiger partial charge in [-0.3, -0.25) is 5.01 Å². The highest BCUT2D eigenvalue weighted by atomic mass is 16.5. The Kier molecular flexibility index (Phi) is 5.83. The second-order valence-electron chi connectivity index (χ2n) is 4.67. The summed E-state index contributed by atoms with van der Waals surface area (Å²) in [6, 6.07) is 15.8. The molecule has 22 heavy (non-hydrogen) atoms. The lowest BCUT2D eigenvalue weighted by atomic mass is 10.2. The van der Waals surface area contributed by atoms with Gasteiger partial charge in [0, 0.05) is 18.7 Å². The van der Waals surface area contributed by atoms with Gasteiger partial charge in [-0.25, -0.2) is 0 Å². The van der Waals surface area contributed by atoms with E-state index in [4.69, 9.17) is 9.47 Å². The maximum Gasteiger partial charge on any atom is 0.131 e. The van der Waals surface area contributed by atoms with Gasteiger partial charge in [0.1, 0.15) is 11.5 Å².